The molecular formula is C27H50N+. The number of hydrogen-bond acceptors (Lipinski definition) is 0. The van der Waals surface area contributed by atoms with Gasteiger partial charge in [-0.05, 0) is 12.8 Å². The van der Waals surface area contributed by atoms with Crippen LogP contribution in [0.4, 0.5) is 0 Å². The fraction of sp³-hybridized carbons (Fsp3) is 0.778. The summed E-state index contributed by atoms with van der Waals surface area (Å²) in [5.74, 6) is 0. The number of hydrogen-bond donors (Lipinski definition) is 0. The van der Waals surface area contributed by atoms with Gasteiger partial charge in [-0.25, -0.2) is 0 Å². The van der Waals surface area contributed by atoms with Crippen LogP contribution in [-0.4, -0.2) is 25.1 Å². The van der Waals surface area contributed by atoms with E-state index in [1.807, 2.05) is 0 Å². The minimum absolute atomic E-state index is 0.628. The van der Waals surface area contributed by atoms with Gasteiger partial charge in [-0.3, -0.25) is 0 Å². The lowest BCUT2D eigenvalue weighted by Crippen LogP contribution is -2.43. The first-order chi connectivity index (χ1) is 13.6. The number of rotatable bonds is 18. The fourth-order valence-corrected chi connectivity index (χ4v) is 4.68. The first kappa shape index (κ1) is 25.2. The molecule has 1 aromatic rings. The van der Waals surface area contributed by atoms with Crippen molar-refractivity contribution in [3.8, 4) is 0 Å². The van der Waals surface area contributed by atoms with Crippen LogP contribution in [0.3, 0.4) is 0 Å². The van der Waals surface area contributed by atoms with E-state index in [2.05, 4.69) is 58.3 Å². The molecule has 1 heteroatoms. The highest BCUT2D eigenvalue weighted by Gasteiger charge is 2.27. The number of unbranched alkanes of at least 4 members (excludes halogenated alkanes) is 13. The smallest absolute Gasteiger partial charge is 0.114 e. The van der Waals surface area contributed by atoms with Gasteiger partial charge in [0.25, 0.3) is 0 Å². The highest BCUT2D eigenvalue weighted by Crippen LogP contribution is 2.28. The van der Waals surface area contributed by atoms with Crippen molar-refractivity contribution in [1.82, 2.24) is 0 Å². The van der Waals surface area contributed by atoms with E-state index in [0.717, 1.165) is 4.48 Å². The maximum Gasteiger partial charge on any atom is 0.114 e. The van der Waals surface area contributed by atoms with Crippen molar-refractivity contribution in [2.45, 2.75) is 116 Å². The molecule has 1 rings (SSSR count). The van der Waals surface area contributed by atoms with E-state index in [-0.39, 0.29) is 0 Å². The molecular weight excluding hydrogens is 338 g/mol. The van der Waals surface area contributed by atoms with Crippen molar-refractivity contribution in [2.24, 2.45) is 0 Å². The van der Waals surface area contributed by atoms with E-state index in [1.54, 1.807) is 0 Å². The Balaban J connectivity index is 2.01. The van der Waals surface area contributed by atoms with Crippen LogP contribution >= 0.6 is 0 Å². The SMILES string of the molecule is CCCCCCCCCCCCCCCC[N+](C)(C)C(CC)c1ccccc1. The molecule has 0 fully saturated rings. The van der Waals surface area contributed by atoms with Gasteiger partial charge in [-0.15, -0.1) is 0 Å². The lowest BCUT2D eigenvalue weighted by Gasteiger charge is -2.38. The Labute approximate surface area is 177 Å². The van der Waals surface area contributed by atoms with Gasteiger partial charge in [0.2, 0.25) is 0 Å². The van der Waals surface area contributed by atoms with E-state index in [4.69, 9.17) is 0 Å². The molecule has 0 bridgehead atoms. The molecule has 0 amide bonds. The monoisotopic (exact) mass is 388 g/mol. The van der Waals surface area contributed by atoms with Gasteiger partial charge in [0.05, 0.1) is 20.6 Å². The molecule has 0 N–H and O–H groups in total. The average Bonchev–Trinajstić information content (AvgIpc) is 2.69. The molecule has 0 radical (unpaired) electrons. The topological polar surface area (TPSA) is 0 Å². The van der Waals surface area contributed by atoms with Gasteiger partial charge in [-0.1, -0.05) is 121 Å². The lowest BCUT2D eigenvalue weighted by atomic mass is 10.0. The van der Waals surface area contributed by atoms with Gasteiger partial charge < -0.3 is 4.48 Å². The minimum Gasteiger partial charge on any atom is -0.322 e. The number of quaternary nitrogens is 1. The summed E-state index contributed by atoms with van der Waals surface area (Å²) >= 11 is 0. The molecule has 0 aliphatic carbocycles. The quantitative estimate of drug-likeness (QED) is 0.174. The fourth-order valence-electron chi connectivity index (χ4n) is 4.68. The van der Waals surface area contributed by atoms with Crippen LogP contribution < -0.4 is 0 Å². The minimum atomic E-state index is 0.628. The first-order valence-corrected chi connectivity index (χ1v) is 12.5. The zero-order valence-corrected chi connectivity index (χ0v) is 19.7. The predicted octanol–water partition coefficient (Wildman–Crippen LogP) is 8.70. The summed E-state index contributed by atoms with van der Waals surface area (Å²) in [6.07, 6.45) is 21.4. The third kappa shape index (κ3) is 11.2. The van der Waals surface area contributed by atoms with Gasteiger partial charge in [0.15, 0.2) is 0 Å². The highest BCUT2D eigenvalue weighted by atomic mass is 15.3. The molecule has 0 aliphatic rings. The molecule has 1 nitrogen and oxygen atoms in total. The molecule has 1 atom stereocenters. The van der Waals surface area contributed by atoms with Crippen molar-refractivity contribution in [3.63, 3.8) is 0 Å². The van der Waals surface area contributed by atoms with E-state index >= 15 is 0 Å². The summed E-state index contributed by atoms with van der Waals surface area (Å²) in [7, 11) is 4.84. The van der Waals surface area contributed by atoms with Gasteiger partial charge in [0.1, 0.15) is 6.04 Å². The second-order valence-electron chi connectivity index (χ2n) is 9.43. The molecule has 0 aliphatic heterocycles. The molecule has 0 saturated carbocycles. The maximum absolute atomic E-state index is 2.42. The normalized spacial score (nSPS) is 13.0. The van der Waals surface area contributed by atoms with E-state index in [0.29, 0.717) is 6.04 Å². The Bertz CT molecular complexity index is 451. The largest absolute Gasteiger partial charge is 0.322 e. The Kier molecular flexibility index (Phi) is 14.4. The van der Waals surface area contributed by atoms with Gasteiger partial charge >= 0.3 is 0 Å². The summed E-state index contributed by atoms with van der Waals surface area (Å²) in [4.78, 5) is 0. The van der Waals surface area contributed by atoms with Crippen LogP contribution in [-0.2, 0) is 0 Å². The molecule has 0 saturated heterocycles. The Morgan fingerprint density at radius 2 is 1.04 bits per heavy atom. The van der Waals surface area contributed by atoms with E-state index in [1.165, 1.54) is 108 Å². The summed E-state index contributed by atoms with van der Waals surface area (Å²) < 4.78 is 1.12. The van der Waals surface area contributed by atoms with Crippen LogP contribution in [0.1, 0.15) is 122 Å². The van der Waals surface area contributed by atoms with E-state index in [9.17, 15) is 0 Å². The standard InChI is InChI=1S/C27H50N/c1-5-7-8-9-10-11-12-13-14-15-16-17-18-22-25-28(3,4)27(6-2)26-23-20-19-21-24-26/h19-21,23-24,27H,5-18,22,25H2,1-4H3/q+1. The van der Waals surface area contributed by atoms with Crippen LogP contribution in [0.5, 0.6) is 0 Å². The molecule has 28 heavy (non-hydrogen) atoms. The first-order valence-electron chi connectivity index (χ1n) is 12.5. The summed E-state index contributed by atoms with van der Waals surface area (Å²) in [5.41, 5.74) is 1.50. The summed E-state index contributed by atoms with van der Waals surface area (Å²) in [6, 6.07) is 11.7. The van der Waals surface area contributed by atoms with Crippen molar-refractivity contribution in [1.29, 1.82) is 0 Å². The number of nitrogens with zero attached hydrogens (tertiary/aromatic N) is 1. The van der Waals surface area contributed by atoms with Gasteiger partial charge in [0, 0.05) is 12.0 Å². The Morgan fingerprint density at radius 3 is 1.46 bits per heavy atom. The van der Waals surface area contributed by atoms with Crippen molar-refractivity contribution in [2.75, 3.05) is 20.6 Å². The van der Waals surface area contributed by atoms with Crippen molar-refractivity contribution >= 4 is 0 Å². The molecule has 0 heterocycles. The molecule has 0 spiro atoms. The Morgan fingerprint density at radius 1 is 0.607 bits per heavy atom. The zero-order valence-electron chi connectivity index (χ0n) is 19.7. The van der Waals surface area contributed by atoms with Gasteiger partial charge in [-0.2, -0.15) is 0 Å². The van der Waals surface area contributed by atoms with E-state index < -0.39 is 0 Å². The lowest BCUT2D eigenvalue weighted by molar-refractivity contribution is -0.921. The van der Waals surface area contributed by atoms with Crippen LogP contribution in [0.2, 0.25) is 0 Å². The second-order valence-corrected chi connectivity index (χ2v) is 9.43. The molecule has 162 valence electrons. The van der Waals surface area contributed by atoms with Crippen LogP contribution in [0, 0.1) is 0 Å². The third-order valence-corrected chi connectivity index (χ3v) is 6.50. The summed E-state index contributed by atoms with van der Waals surface area (Å²) in [6.45, 7) is 5.93. The third-order valence-electron chi connectivity index (χ3n) is 6.50. The van der Waals surface area contributed by atoms with Crippen LogP contribution in [0.15, 0.2) is 30.3 Å². The van der Waals surface area contributed by atoms with Crippen LogP contribution in [0.25, 0.3) is 0 Å². The second kappa shape index (κ2) is 16.0. The maximum atomic E-state index is 2.42. The Hall–Kier alpha value is -0.820. The predicted molar refractivity (Wildman–Crippen MR) is 127 cm³/mol. The molecule has 1 aromatic carbocycles. The average molecular weight is 389 g/mol. The summed E-state index contributed by atoms with van der Waals surface area (Å²) in [5, 5.41) is 0. The van der Waals surface area contributed by atoms with Crippen molar-refractivity contribution < 1.29 is 4.48 Å². The highest BCUT2D eigenvalue weighted by molar-refractivity contribution is 5.17. The van der Waals surface area contributed by atoms with Crippen molar-refractivity contribution in [3.05, 3.63) is 35.9 Å². The number of benzene rings is 1. The zero-order chi connectivity index (χ0) is 20.5. The molecule has 1 unspecified atom stereocenters. The molecule has 0 aromatic heterocycles.